The second-order valence-corrected chi connectivity index (χ2v) is 7.98. The quantitative estimate of drug-likeness (QED) is 0.726. The number of ether oxygens (including phenoxy) is 2. The molecule has 1 heterocycles. The van der Waals surface area contributed by atoms with Crippen molar-refractivity contribution in [1.29, 1.82) is 0 Å². The monoisotopic (exact) mass is 390 g/mol. The van der Waals surface area contributed by atoms with Crippen molar-refractivity contribution < 1.29 is 19.1 Å². The van der Waals surface area contributed by atoms with Crippen molar-refractivity contribution in [2.45, 2.75) is 32.7 Å². The minimum absolute atomic E-state index is 0.0916. The highest BCUT2D eigenvalue weighted by atomic mass is 32.1. The number of benzene rings is 1. The minimum Gasteiger partial charge on any atom is -0.493 e. The van der Waals surface area contributed by atoms with Gasteiger partial charge in [0, 0.05) is 23.8 Å². The number of hydrogen-bond acceptors (Lipinski definition) is 5. The van der Waals surface area contributed by atoms with Crippen molar-refractivity contribution in [1.82, 2.24) is 10.6 Å². The summed E-state index contributed by atoms with van der Waals surface area (Å²) in [6.45, 7) is 6.50. The Hall–Kier alpha value is -2.54. The van der Waals surface area contributed by atoms with Crippen LogP contribution < -0.4 is 20.1 Å². The molecular weight excluding hydrogens is 364 g/mol. The molecule has 0 bridgehead atoms. The Balaban J connectivity index is 2.02. The molecule has 0 atom stereocenters. The van der Waals surface area contributed by atoms with Gasteiger partial charge in [0.1, 0.15) is 0 Å². The molecule has 2 rings (SSSR count). The number of carbonyl (C=O) groups is 2. The molecule has 0 saturated carbocycles. The van der Waals surface area contributed by atoms with Gasteiger partial charge in [0.25, 0.3) is 5.91 Å². The first-order valence-electron chi connectivity index (χ1n) is 8.60. The summed E-state index contributed by atoms with van der Waals surface area (Å²) >= 11 is 1.38. The van der Waals surface area contributed by atoms with Crippen molar-refractivity contribution >= 4 is 23.2 Å². The first-order chi connectivity index (χ1) is 12.8. The van der Waals surface area contributed by atoms with E-state index in [0.717, 1.165) is 10.4 Å². The number of carbonyl (C=O) groups excluding carboxylic acids is 2. The summed E-state index contributed by atoms with van der Waals surface area (Å²) in [4.78, 5) is 25.0. The Morgan fingerprint density at radius 3 is 2.37 bits per heavy atom. The molecule has 0 spiro atoms. The standard InChI is InChI=1S/C20H26N2O4S/c1-13(23)21-11-15-7-9-18(27-15)19(24)22-12-20(2,3)14-6-8-16(25-4)17(10-14)26-5/h6-10H,11-12H2,1-5H3,(H,21,23)(H,22,24). The first kappa shape index (κ1) is 20.8. The lowest BCUT2D eigenvalue weighted by Gasteiger charge is -2.26. The second-order valence-electron chi connectivity index (χ2n) is 6.81. The topological polar surface area (TPSA) is 76.7 Å². The van der Waals surface area contributed by atoms with Gasteiger partial charge in [-0.3, -0.25) is 9.59 Å². The van der Waals surface area contributed by atoms with Crippen molar-refractivity contribution in [3.05, 3.63) is 45.6 Å². The molecule has 2 N–H and O–H groups in total. The molecule has 6 nitrogen and oxygen atoms in total. The average molecular weight is 391 g/mol. The molecule has 146 valence electrons. The predicted molar refractivity (Wildman–Crippen MR) is 107 cm³/mol. The van der Waals surface area contributed by atoms with E-state index in [0.29, 0.717) is 29.5 Å². The van der Waals surface area contributed by atoms with E-state index in [9.17, 15) is 9.59 Å². The van der Waals surface area contributed by atoms with Gasteiger partial charge in [-0.1, -0.05) is 19.9 Å². The van der Waals surface area contributed by atoms with Gasteiger partial charge in [-0.05, 0) is 29.8 Å². The van der Waals surface area contributed by atoms with E-state index in [4.69, 9.17) is 9.47 Å². The van der Waals surface area contributed by atoms with Crippen LogP contribution in [-0.4, -0.2) is 32.6 Å². The smallest absolute Gasteiger partial charge is 0.261 e. The number of nitrogens with one attached hydrogen (secondary N) is 2. The lowest BCUT2D eigenvalue weighted by molar-refractivity contribution is -0.119. The third kappa shape index (κ3) is 5.47. The SMILES string of the molecule is COc1ccc(C(C)(C)CNC(=O)c2ccc(CNC(C)=O)s2)cc1OC. The van der Waals surface area contributed by atoms with E-state index < -0.39 is 0 Å². The molecule has 1 aromatic carbocycles. The summed E-state index contributed by atoms with van der Waals surface area (Å²) in [5.74, 6) is 1.12. The maximum atomic E-state index is 12.5. The van der Waals surface area contributed by atoms with E-state index in [-0.39, 0.29) is 17.2 Å². The van der Waals surface area contributed by atoms with Crippen LogP contribution in [0.25, 0.3) is 0 Å². The molecule has 27 heavy (non-hydrogen) atoms. The number of rotatable bonds is 8. The third-order valence-electron chi connectivity index (χ3n) is 4.25. The molecule has 0 aliphatic carbocycles. The van der Waals surface area contributed by atoms with Gasteiger partial charge in [-0.2, -0.15) is 0 Å². The fraction of sp³-hybridized carbons (Fsp3) is 0.400. The van der Waals surface area contributed by atoms with Crippen LogP contribution in [0.15, 0.2) is 30.3 Å². The normalized spacial score (nSPS) is 11.0. The summed E-state index contributed by atoms with van der Waals surface area (Å²) < 4.78 is 10.6. The van der Waals surface area contributed by atoms with Crippen LogP contribution in [0.5, 0.6) is 11.5 Å². The molecule has 2 aromatic rings. The fourth-order valence-corrected chi connectivity index (χ4v) is 3.42. The third-order valence-corrected chi connectivity index (χ3v) is 5.34. The van der Waals surface area contributed by atoms with Crippen LogP contribution in [0.2, 0.25) is 0 Å². The summed E-state index contributed by atoms with van der Waals surface area (Å²) in [5, 5.41) is 5.72. The highest BCUT2D eigenvalue weighted by Gasteiger charge is 2.23. The van der Waals surface area contributed by atoms with E-state index in [1.807, 2.05) is 24.3 Å². The van der Waals surface area contributed by atoms with Gasteiger partial charge < -0.3 is 20.1 Å². The van der Waals surface area contributed by atoms with Gasteiger partial charge in [0.15, 0.2) is 11.5 Å². The Bertz CT molecular complexity index is 814. The number of thiophene rings is 1. The van der Waals surface area contributed by atoms with Crippen LogP contribution in [-0.2, 0) is 16.8 Å². The van der Waals surface area contributed by atoms with Gasteiger partial charge in [-0.15, -0.1) is 11.3 Å². The maximum Gasteiger partial charge on any atom is 0.261 e. The van der Waals surface area contributed by atoms with Gasteiger partial charge in [-0.25, -0.2) is 0 Å². The molecule has 7 heteroatoms. The van der Waals surface area contributed by atoms with Crippen LogP contribution in [0.4, 0.5) is 0 Å². The van der Waals surface area contributed by atoms with Crippen molar-refractivity contribution in [2.24, 2.45) is 0 Å². The summed E-state index contributed by atoms with van der Waals surface area (Å²) in [5.41, 5.74) is 0.754. The zero-order valence-corrected chi connectivity index (χ0v) is 17.2. The highest BCUT2D eigenvalue weighted by Crippen LogP contribution is 2.33. The van der Waals surface area contributed by atoms with Crippen LogP contribution in [0.3, 0.4) is 0 Å². The molecule has 0 aliphatic rings. The van der Waals surface area contributed by atoms with Crippen molar-refractivity contribution in [2.75, 3.05) is 20.8 Å². The summed E-state index contributed by atoms with van der Waals surface area (Å²) in [7, 11) is 3.20. The Labute approximate surface area is 163 Å². The molecular formula is C20H26N2O4S. The Kier molecular flexibility index (Phi) is 6.85. The number of amides is 2. The average Bonchev–Trinajstić information content (AvgIpc) is 3.13. The highest BCUT2D eigenvalue weighted by molar-refractivity contribution is 7.14. The summed E-state index contributed by atoms with van der Waals surface area (Å²) in [6.07, 6.45) is 0. The van der Waals surface area contributed by atoms with E-state index in [1.54, 1.807) is 20.3 Å². The van der Waals surface area contributed by atoms with Crippen LogP contribution in [0, 0.1) is 0 Å². The van der Waals surface area contributed by atoms with Gasteiger partial charge in [0.2, 0.25) is 5.91 Å². The first-order valence-corrected chi connectivity index (χ1v) is 9.42. The predicted octanol–water partition coefficient (Wildman–Crippen LogP) is 3.11. The molecule has 2 amide bonds. The lowest BCUT2D eigenvalue weighted by atomic mass is 9.84. The van der Waals surface area contributed by atoms with Crippen molar-refractivity contribution in [3.8, 4) is 11.5 Å². The van der Waals surface area contributed by atoms with E-state index in [1.165, 1.54) is 18.3 Å². The fourth-order valence-electron chi connectivity index (χ4n) is 2.55. The van der Waals surface area contributed by atoms with Crippen LogP contribution >= 0.6 is 11.3 Å². The molecule has 0 unspecified atom stereocenters. The number of hydrogen-bond donors (Lipinski definition) is 2. The largest absolute Gasteiger partial charge is 0.493 e. The Morgan fingerprint density at radius 1 is 1.04 bits per heavy atom. The van der Waals surface area contributed by atoms with Crippen LogP contribution in [0.1, 0.15) is 40.9 Å². The summed E-state index contributed by atoms with van der Waals surface area (Å²) in [6, 6.07) is 9.41. The zero-order chi connectivity index (χ0) is 20.0. The zero-order valence-electron chi connectivity index (χ0n) is 16.3. The molecule has 1 aromatic heterocycles. The minimum atomic E-state index is -0.286. The lowest BCUT2D eigenvalue weighted by Crippen LogP contribution is -2.36. The van der Waals surface area contributed by atoms with Gasteiger partial charge >= 0.3 is 0 Å². The molecule has 0 aliphatic heterocycles. The van der Waals surface area contributed by atoms with E-state index >= 15 is 0 Å². The number of methoxy groups -OCH3 is 2. The van der Waals surface area contributed by atoms with E-state index in [2.05, 4.69) is 24.5 Å². The Morgan fingerprint density at radius 2 is 1.74 bits per heavy atom. The molecule has 0 fully saturated rings. The van der Waals surface area contributed by atoms with Gasteiger partial charge in [0.05, 0.1) is 25.6 Å². The maximum absolute atomic E-state index is 12.5. The second kappa shape index (κ2) is 8.90. The van der Waals surface area contributed by atoms with Crippen molar-refractivity contribution in [3.63, 3.8) is 0 Å². The molecule has 0 radical (unpaired) electrons. The molecule has 0 saturated heterocycles.